The van der Waals surface area contributed by atoms with Gasteiger partial charge in [0.05, 0.1) is 18.8 Å². The lowest BCUT2D eigenvalue weighted by atomic mass is 10.2. The van der Waals surface area contributed by atoms with E-state index in [-0.39, 0.29) is 6.04 Å². The van der Waals surface area contributed by atoms with Crippen LogP contribution < -0.4 is 0 Å². The van der Waals surface area contributed by atoms with E-state index in [1.54, 1.807) is 6.92 Å². The van der Waals surface area contributed by atoms with Crippen LogP contribution in [0.25, 0.3) is 0 Å². The lowest BCUT2D eigenvalue weighted by molar-refractivity contribution is 0.160. The molecule has 2 aromatic heterocycles. The molecule has 0 aromatic carbocycles. The molecule has 2 aromatic rings. The van der Waals surface area contributed by atoms with E-state index in [4.69, 9.17) is 8.94 Å². The van der Waals surface area contributed by atoms with Gasteiger partial charge in [-0.25, -0.2) is 4.39 Å². The molecule has 3 heterocycles. The van der Waals surface area contributed by atoms with E-state index in [1.165, 1.54) is 0 Å². The molecular formula is C15H22FN5O2. The summed E-state index contributed by atoms with van der Waals surface area (Å²) in [7, 11) is 1.97. The van der Waals surface area contributed by atoms with Crippen molar-refractivity contribution in [2.45, 2.75) is 45.6 Å². The molecule has 0 aliphatic carbocycles. The first-order valence-electron chi connectivity index (χ1n) is 7.77. The van der Waals surface area contributed by atoms with Gasteiger partial charge in [-0.15, -0.1) is 10.2 Å². The van der Waals surface area contributed by atoms with Crippen LogP contribution in [0.4, 0.5) is 4.39 Å². The number of hydrogen-bond donors (Lipinski definition) is 0. The van der Waals surface area contributed by atoms with Gasteiger partial charge in [-0.1, -0.05) is 5.16 Å². The van der Waals surface area contributed by atoms with Crippen molar-refractivity contribution < 1.29 is 13.3 Å². The number of alkyl halides is 1. The summed E-state index contributed by atoms with van der Waals surface area (Å²) >= 11 is 0. The third kappa shape index (κ3) is 4.14. The minimum Gasteiger partial charge on any atom is -0.424 e. The quantitative estimate of drug-likeness (QED) is 0.801. The number of nitrogens with zero attached hydrogens (tertiary/aromatic N) is 5. The average Bonchev–Trinajstić information content (AvgIpc) is 3.14. The predicted molar refractivity (Wildman–Crippen MR) is 80.3 cm³/mol. The molecule has 3 rings (SSSR count). The largest absolute Gasteiger partial charge is 0.424 e. The molecule has 0 spiro atoms. The second kappa shape index (κ2) is 6.76. The first kappa shape index (κ1) is 16.1. The van der Waals surface area contributed by atoms with Crippen molar-refractivity contribution in [1.82, 2.24) is 25.2 Å². The molecule has 1 aliphatic heterocycles. The third-order valence-electron chi connectivity index (χ3n) is 4.01. The van der Waals surface area contributed by atoms with E-state index < -0.39 is 6.17 Å². The molecule has 1 saturated heterocycles. The first-order valence-corrected chi connectivity index (χ1v) is 7.77. The molecule has 0 amide bonds. The second-order valence-electron chi connectivity index (χ2n) is 6.26. The molecule has 0 saturated carbocycles. The minimum absolute atomic E-state index is 0.129. The zero-order valence-corrected chi connectivity index (χ0v) is 13.7. The molecule has 2 atom stereocenters. The van der Waals surface area contributed by atoms with Gasteiger partial charge in [-0.3, -0.25) is 9.80 Å². The fourth-order valence-corrected chi connectivity index (χ4v) is 3.05. The van der Waals surface area contributed by atoms with Crippen LogP contribution in [0.2, 0.25) is 0 Å². The summed E-state index contributed by atoms with van der Waals surface area (Å²) in [5, 5.41) is 11.7. The van der Waals surface area contributed by atoms with Crippen molar-refractivity contribution in [2.24, 2.45) is 0 Å². The maximum atomic E-state index is 13.9. The molecule has 0 radical (unpaired) electrons. The average molecular weight is 323 g/mol. The van der Waals surface area contributed by atoms with Gasteiger partial charge in [0, 0.05) is 32.1 Å². The fourth-order valence-electron chi connectivity index (χ4n) is 3.05. The summed E-state index contributed by atoms with van der Waals surface area (Å²) in [6, 6.07) is 2.03. The van der Waals surface area contributed by atoms with Gasteiger partial charge in [0.2, 0.25) is 11.8 Å². The number of hydrogen-bond acceptors (Lipinski definition) is 7. The Morgan fingerprint density at radius 1 is 1.39 bits per heavy atom. The SMILES string of the molecule is Cc1cc(CN2C[C@@H](F)C[C@H]2CN(C)Cc2nnc(C)o2)on1. The van der Waals surface area contributed by atoms with Crippen molar-refractivity contribution in [1.29, 1.82) is 0 Å². The van der Waals surface area contributed by atoms with Gasteiger partial charge in [0.25, 0.3) is 0 Å². The zero-order chi connectivity index (χ0) is 16.4. The van der Waals surface area contributed by atoms with Crippen molar-refractivity contribution in [3.8, 4) is 0 Å². The van der Waals surface area contributed by atoms with Crippen molar-refractivity contribution in [2.75, 3.05) is 20.1 Å². The summed E-state index contributed by atoms with van der Waals surface area (Å²) in [5.74, 6) is 1.91. The predicted octanol–water partition coefficient (Wildman–Crippen LogP) is 1.72. The summed E-state index contributed by atoms with van der Waals surface area (Å²) < 4.78 is 24.5. The number of likely N-dealkylation sites (tertiary alicyclic amines) is 1. The Bertz CT molecular complexity index is 643. The summed E-state index contributed by atoms with van der Waals surface area (Å²) in [4.78, 5) is 4.19. The topological polar surface area (TPSA) is 71.4 Å². The zero-order valence-electron chi connectivity index (χ0n) is 13.7. The monoisotopic (exact) mass is 323 g/mol. The molecule has 23 heavy (non-hydrogen) atoms. The normalized spacial score (nSPS) is 22.3. The highest BCUT2D eigenvalue weighted by molar-refractivity contribution is 5.04. The molecule has 0 N–H and O–H groups in total. The highest BCUT2D eigenvalue weighted by Crippen LogP contribution is 2.24. The smallest absolute Gasteiger partial charge is 0.230 e. The van der Waals surface area contributed by atoms with Gasteiger partial charge < -0.3 is 8.94 Å². The summed E-state index contributed by atoms with van der Waals surface area (Å²) in [6.07, 6.45) is -0.275. The molecular weight excluding hydrogens is 301 g/mol. The van der Waals surface area contributed by atoms with Gasteiger partial charge in [0.1, 0.15) is 6.17 Å². The first-order chi connectivity index (χ1) is 11.0. The van der Waals surface area contributed by atoms with E-state index in [1.807, 2.05) is 20.0 Å². The van der Waals surface area contributed by atoms with Crippen LogP contribution in [-0.2, 0) is 13.1 Å². The van der Waals surface area contributed by atoms with Crippen molar-refractivity contribution in [3.63, 3.8) is 0 Å². The Hall–Kier alpha value is -1.80. The number of aryl methyl sites for hydroxylation is 2. The van der Waals surface area contributed by atoms with Crippen LogP contribution in [0.1, 0.15) is 29.7 Å². The van der Waals surface area contributed by atoms with Crippen LogP contribution >= 0.6 is 0 Å². The highest BCUT2D eigenvalue weighted by atomic mass is 19.1. The van der Waals surface area contributed by atoms with E-state index in [9.17, 15) is 4.39 Å². The van der Waals surface area contributed by atoms with Crippen molar-refractivity contribution >= 4 is 0 Å². The Kier molecular flexibility index (Phi) is 4.72. The lowest BCUT2D eigenvalue weighted by Gasteiger charge is -2.26. The maximum Gasteiger partial charge on any atom is 0.230 e. The van der Waals surface area contributed by atoms with Crippen molar-refractivity contribution in [3.05, 3.63) is 29.3 Å². The van der Waals surface area contributed by atoms with Crippen LogP contribution in [0.15, 0.2) is 15.0 Å². The molecule has 8 heteroatoms. The van der Waals surface area contributed by atoms with Gasteiger partial charge in [0.15, 0.2) is 5.76 Å². The Balaban J connectivity index is 1.58. The molecule has 0 bridgehead atoms. The summed E-state index contributed by atoms with van der Waals surface area (Å²) in [5.41, 5.74) is 0.844. The number of rotatable bonds is 6. The summed E-state index contributed by atoms with van der Waals surface area (Å²) in [6.45, 7) is 5.95. The standard InChI is InChI=1S/C15H22FN5O2/c1-10-4-14(23-19-10)8-21-6-12(16)5-13(21)7-20(3)9-15-18-17-11(2)22-15/h4,12-13H,5-9H2,1-3H3/t12-,13-/m0/s1. The van der Waals surface area contributed by atoms with Gasteiger partial charge >= 0.3 is 0 Å². The molecule has 1 aliphatic rings. The molecule has 126 valence electrons. The molecule has 1 fully saturated rings. The minimum atomic E-state index is -0.803. The maximum absolute atomic E-state index is 13.9. The second-order valence-corrected chi connectivity index (χ2v) is 6.26. The Morgan fingerprint density at radius 3 is 2.87 bits per heavy atom. The fraction of sp³-hybridized carbons (Fsp3) is 0.667. The van der Waals surface area contributed by atoms with Crippen LogP contribution in [0, 0.1) is 13.8 Å². The number of likely N-dealkylation sites (N-methyl/N-ethyl adjacent to an activating group) is 1. The Morgan fingerprint density at radius 2 is 2.22 bits per heavy atom. The van der Waals surface area contributed by atoms with E-state index in [0.717, 1.165) is 18.0 Å². The lowest BCUT2D eigenvalue weighted by Crippen LogP contribution is -2.38. The van der Waals surface area contributed by atoms with E-state index in [0.29, 0.717) is 37.8 Å². The van der Waals surface area contributed by atoms with Gasteiger partial charge in [-0.05, 0) is 20.4 Å². The molecule has 7 nitrogen and oxygen atoms in total. The third-order valence-corrected chi connectivity index (χ3v) is 4.01. The number of halogens is 1. The Labute approximate surface area is 134 Å². The molecule has 0 unspecified atom stereocenters. The van der Waals surface area contributed by atoms with E-state index in [2.05, 4.69) is 25.2 Å². The number of aromatic nitrogens is 3. The van der Waals surface area contributed by atoms with Crippen LogP contribution in [0.5, 0.6) is 0 Å². The highest BCUT2D eigenvalue weighted by Gasteiger charge is 2.33. The van der Waals surface area contributed by atoms with E-state index >= 15 is 0 Å². The van der Waals surface area contributed by atoms with Crippen LogP contribution in [-0.4, -0.2) is 57.5 Å². The van der Waals surface area contributed by atoms with Crippen LogP contribution in [0.3, 0.4) is 0 Å². The van der Waals surface area contributed by atoms with Gasteiger partial charge in [-0.2, -0.15) is 0 Å².